The fraction of sp³-hybridized carbons (Fsp3) is 0.286. The molecule has 1 N–H and O–H groups in total. The van der Waals surface area contributed by atoms with E-state index in [1.54, 1.807) is 30.1 Å². The summed E-state index contributed by atoms with van der Waals surface area (Å²) in [4.78, 5) is 19.3. The standard InChI is InChI=1S/C21H23N5O2/c1-4-25(5-2)18-9-8-16(13-23-18)14-24-20(27)19-15(3)28-21(17(19)12-22)26-10-6-7-11-26/h6-11,13H,4-5,14H2,1-3H3,(H,24,27). The Hall–Kier alpha value is -3.53. The van der Waals surface area contributed by atoms with E-state index in [0.717, 1.165) is 24.5 Å². The molecule has 0 fully saturated rings. The van der Waals surface area contributed by atoms with Crippen LogP contribution in [0.2, 0.25) is 0 Å². The summed E-state index contributed by atoms with van der Waals surface area (Å²) in [5.41, 5.74) is 1.37. The van der Waals surface area contributed by atoms with E-state index >= 15 is 0 Å². The summed E-state index contributed by atoms with van der Waals surface area (Å²) in [6.07, 6.45) is 5.29. The second-order valence-electron chi connectivity index (χ2n) is 6.30. The van der Waals surface area contributed by atoms with Crippen LogP contribution in [0.15, 0.2) is 47.3 Å². The van der Waals surface area contributed by atoms with E-state index in [1.165, 1.54) is 0 Å². The highest BCUT2D eigenvalue weighted by atomic mass is 16.4. The summed E-state index contributed by atoms with van der Waals surface area (Å²) in [6, 6.07) is 9.64. The molecule has 0 atom stereocenters. The van der Waals surface area contributed by atoms with Crippen molar-refractivity contribution < 1.29 is 9.21 Å². The van der Waals surface area contributed by atoms with Crippen LogP contribution in [0.4, 0.5) is 5.82 Å². The smallest absolute Gasteiger partial charge is 0.256 e. The summed E-state index contributed by atoms with van der Waals surface area (Å²) in [6.45, 7) is 7.95. The zero-order valence-corrected chi connectivity index (χ0v) is 16.3. The van der Waals surface area contributed by atoms with Gasteiger partial charge < -0.3 is 14.6 Å². The lowest BCUT2D eigenvalue weighted by Crippen LogP contribution is -2.25. The highest BCUT2D eigenvalue weighted by Crippen LogP contribution is 2.25. The van der Waals surface area contributed by atoms with Gasteiger partial charge in [-0.15, -0.1) is 0 Å². The van der Waals surface area contributed by atoms with Gasteiger partial charge in [0, 0.05) is 38.2 Å². The van der Waals surface area contributed by atoms with Crippen molar-refractivity contribution in [1.29, 1.82) is 5.26 Å². The lowest BCUT2D eigenvalue weighted by molar-refractivity contribution is 0.0949. The number of nitrogens with zero attached hydrogens (tertiary/aromatic N) is 4. The van der Waals surface area contributed by atoms with Crippen LogP contribution < -0.4 is 10.2 Å². The van der Waals surface area contributed by atoms with Gasteiger partial charge in [0.25, 0.3) is 5.91 Å². The Morgan fingerprint density at radius 1 is 1.29 bits per heavy atom. The van der Waals surface area contributed by atoms with Gasteiger partial charge in [-0.25, -0.2) is 4.98 Å². The first-order valence-corrected chi connectivity index (χ1v) is 9.23. The molecule has 0 aromatic carbocycles. The van der Waals surface area contributed by atoms with Crippen molar-refractivity contribution in [2.24, 2.45) is 0 Å². The molecule has 144 valence electrons. The van der Waals surface area contributed by atoms with Crippen LogP contribution in [0.5, 0.6) is 0 Å². The Bertz CT molecular complexity index is 977. The normalized spacial score (nSPS) is 10.5. The van der Waals surface area contributed by atoms with E-state index < -0.39 is 0 Å². The topological polar surface area (TPSA) is 87.1 Å². The molecule has 28 heavy (non-hydrogen) atoms. The summed E-state index contributed by atoms with van der Waals surface area (Å²) < 4.78 is 7.36. The van der Waals surface area contributed by atoms with E-state index in [2.05, 4.69) is 35.1 Å². The number of rotatable bonds is 7. The first-order valence-electron chi connectivity index (χ1n) is 9.23. The Morgan fingerprint density at radius 2 is 2.00 bits per heavy atom. The quantitative estimate of drug-likeness (QED) is 0.682. The van der Waals surface area contributed by atoms with Crippen LogP contribution >= 0.6 is 0 Å². The number of aryl methyl sites for hydroxylation is 1. The molecular formula is C21H23N5O2. The molecular weight excluding hydrogens is 354 g/mol. The average Bonchev–Trinajstić information content (AvgIpc) is 3.35. The molecule has 0 aliphatic heterocycles. The molecule has 0 bridgehead atoms. The first kappa shape index (κ1) is 19.2. The molecule has 0 saturated carbocycles. The van der Waals surface area contributed by atoms with Crippen molar-refractivity contribution in [1.82, 2.24) is 14.9 Å². The van der Waals surface area contributed by atoms with Crippen LogP contribution in [-0.4, -0.2) is 28.5 Å². The number of nitriles is 1. The second-order valence-corrected chi connectivity index (χ2v) is 6.30. The van der Waals surface area contributed by atoms with Gasteiger partial charge >= 0.3 is 0 Å². The summed E-state index contributed by atoms with van der Waals surface area (Å²) in [7, 11) is 0. The highest BCUT2D eigenvalue weighted by Gasteiger charge is 2.24. The number of amides is 1. The molecule has 3 aromatic rings. The SMILES string of the molecule is CCN(CC)c1ccc(CNC(=O)c2c(C)oc(-n3cccc3)c2C#N)cn1. The molecule has 0 saturated heterocycles. The second kappa shape index (κ2) is 8.44. The van der Waals surface area contributed by atoms with Crippen molar-refractivity contribution in [2.45, 2.75) is 27.3 Å². The number of aromatic nitrogens is 2. The van der Waals surface area contributed by atoms with Gasteiger partial charge in [-0.2, -0.15) is 5.26 Å². The number of carbonyl (C=O) groups excluding carboxylic acids is 1. The molecule has 7 nitrogen and oxygen atoms in total. The largest absolute Gasteiger partial charge is 0.443 e. The molecule has 0 aliphatic rings. The van der Waals surface area contributed by atoms with Crippen LogP contribution in [0.25, 0.3) is 5.88 Å². The lowest BCUT2D eigenvalue weighted by atomic mass is 10.1. The Kier molecular flexibility index (Phi) is 5.80. The Balaban J connectivity index is 1.75. The molecule has 7 heteroatoms. The van der Waals surface area contributed by atoms with E-state index in [9.17, 15) is 10.1 Å². The maximum absolute atomic E-state index is 12.7. The maximum Gasteiger partial charge on any atom is 0.256 e. The lowest BCUT2D eigenvalue weighted by Gasteiger charge is -2.19. The van der Waals surface area contributed by atoms with Crippen molar-refractivity contribution in [2.75, 3.05) is 18.0 Å². The first-order chi connectivity index (χ1) is 13.6. The Morgan fingerprint density at radius 3 is 2.57 bits per heavy atom. The van der Waals surface area contributed by atoms with Crippen molar-refractivity contribution in [3.63, 3.8) is 0 Å². The summed E-state index contributed by atoms with van der Waals surface area (Å²) >= 11 is 0. The zero-order chi connectivity index (χ0) is 20.1. The zero-order valence-electron chi connectivity index (χ0n) is 16.3. The van der Waals surface area contributed by atoms with Gasteiger partial charge in [-0.1, -0.05) is 6.07 Å². The minimum atomic E-state index is -0.343. The third-order valence-electron chi connectivity index (χ3n) is 4.59. The van der Waals surface area contributed by atoms with Crippen molar-refractivity contribution in [3.8, 4) is 12.0 Å². The molecule has 0 aliphatic carbocycles. The van der Waals surface area contributed by atoms with Crippen LogP contribution in [0.1, 0.15) is 41.1 Å². The molecule has 3 aromatic heterocycles. The monoisotopic (exact) mass is 377 g/mol. The van der Waals surface area contributed by atoms with Gasteiger partial charge in [0.15, 0.2) is 0 Å². The minimum Gasteiger partial charge on any atom is -0.443 e. The summed E-state index contributed by atoms with van der Waals surface area (Å²) in [5, 5.41) is 12.4. The number of hydrogen-bond acceptors (Lipinski definition) is 5. The number of furan rings is 1. The number of pyridine rings is 1. The van der Waals surface area contributed by atoms with Gasteiger partial charge in [0.2, 0.25) is 5.88 Å². The molecule has 0 unspecified atom stereocenters. The van der Waals surface area contributed by atoms with Crippen molar-refractivity contribution >= 4 is 11.7 Å². The van der Waals surface area contributed by atoms with Gasteiger partial charge in [-0.05, 0) is 44.5 Å². The van der Waals surface area contributed by atoms with Crippen LogP contribution in [-0.2, 0) is 6.54 Å². The van der Waals surface area contributed by atoms with E-state index in [4.69, 9.17) is 4.42 Å². The Labute approximate surface area is 164 Å². The molecule has 1 amide bonds. The maximum atomic E-state index is 12.7. The predicted molar refractivity (Wildman–Crippen MR) is 106 cm³/mol. The van der Waals surface area contributed by atoms with Crippen LogP contribution in [0.3, 0.4) is 0 Å². The average molecular weight is 377 g/mol. The number of carbonyl (C=O) groups is 1. The fourth-order valence-corrected chi connectivity index (χ4v) is 3.09. The van der Waals surface area contributed by atoms with E-state index in [0.29, 0.717) is 18.2 Å². The van der Waals surface area contributed by atoms with Gasteiger partial charge in [0.05, 0.1) is 0 Å². The molecule has 3 rings (SSSR count). The highest BCUT2D eigenvalue weighted by molar-refractivity contribution is 5.98. The molecule has 3 heterocycles. The number of anilines is 1. The number of nitrogens with one attached hydrogen (secondary N) is 1. The fourth-order valence-electron chi connectivity index (χ4n) is 3.09. The third-order valence-corrected chi connectivity index (χ3v) is 4.59. The summed E-state index contributed by atoms with van der Waals surface area (Å²) in [5.74, 6) is 1.33. The van der Waals surface area contributed by atoms with Crippen molar-refractivity contribution in [3.05, 3.63) is 65.3 Å². The third kappa shape index (κ3) is 3.76. The molecule has 0 spiro atoms. The minimum absolute atomic E-state index is 0.223. The van der Waals surface area contributed by atoms with Gasteiger partial charge in [-0.3, -0.25) is 9.36 Å². The molecule has 0 radical (unpaired) electrons. The number of hydrogen-bond donors (Lipinski definition) is 1. The van der Waals surface area contributed by atoms with Gasteiger partial charge in [0.1, 0.15) is 28.8 Å². The van der Waals surface area contributed by atoms with E-state index in [-0.39, 0.29) is 17.0 Å². The van der Waals surface area contributed by atoms with Crippen LogP contribution in [0, 0.1) is 18.3 Å². The predicted octanol–water partition coefficient (Wildman–Crippen LogP) is 3.42. The van der Waals surface area contributed by atoms with E-state index in [1.807, 2.05) is 24.3 Å².